The van der Waals surface area contributed by atoms with Gasteiger partial charge in [-0.25, -0.2) is 4.98 Å². The Morgan fingerprint density at radius 3 is 2.76 bits per heavy atom. The van der Waals surface area contributed by atoms with Crippen molar-refractivity contribution < 1.29 is 0 Å². The first-order valence-electron chi connectivity index (χ1n) is 7.02. The van der Waals surface area contributed by atoms with E-state index in [0.29, 0.717) is 10.6 Å². The fraction of sp³-hybridized carbons (Fsp3) is 0.250. The predicted octanol–water partition coefficient (Wildman–Crippen LogP) is 3.78. The molecule has 0 aliphatic rings. The summed E-state index contributed by atoms with van der Waals surface area (Å²) in [6.45, 7) is 4.93. The van der Waals surface area contributed by atoms with Crippen LogP contribution in [0.15, 0.2) is 35.1 Å². The van der Waals surface area contributed by atoms with E-state index < -0.39 is 0 Å². The van der Waals surface area contributed by atoms with Gasteiger partial charge in [0.05, 0.1) is 5.52 Å². The van der Waals surface area contributed by atoms with E-state index in [4.69, 9.17) is 0 Å². The SMILES string of the molecule is CCCNc1nc2cc(-c3ccc(C)cc3)sc2c(=O)[nH]1. The third kappa shape index (κ3) is 2.83. The maximum absolute atomic E-state index is 12.1. The van der Waals surface area contributed by atoms with Crippen molar-refractivity contribution in [3.63, 3.8) is 0 Å². The summed E-state index contributed by atoms with van der Waals surface area (Å²) in [5.74, 6) is 0.544. The largest absolute Gasteiger partial charge is 0.356 e. The molecule has 0 saturated carbocycles. The van der Waals surface area contributed by atoms with Crippen molar-refractivity contribution in [1.29, 1.82) is 0 Å². The van der Waals surface area contributed by atoms with Crippen LogP contribution in [0, 0.1) is 6.92 Å². The summed E-state index contributed by atoms with van der Waals surface area (Å²) < 4.78 is 0.674. The van der Waals surface area contributed by atoms with Gasteiger partial charge in [0.15, 0.2) is 0 Å². The van der Waals surface area contributed by atoms with Crippen LogP contribution in [0.1, 0.15) is 18.9 Å². The second kappa shape index (κ2) is 5.69. The van der Waals surface area contributed by atoms with Crippen molar-refractivity contribution in [3.8, 4) is 10.4 Å². The van der Waals surface area contributed by atoms with Gasteiger partial charge in [-0.1, -0.05) is 36.8 Å². The number of nitrogens with zero attached hydrogens (tertiary/aromatic N) is 1. The van der Waals surface area contributed by atoms with Gasteiger partial charge in [0.1, 0.15) is 4.70 Å². The Labute approximate surface area is 126 Å². The van der Waals surface area contributed by atoms with Gasteiger partial charge in [-0.05, 0) is 25.0 Å². The first-order chi connectivity index (χ1) is 10.2. The van der Waals surface area contributed by atoms with Gasteiger partial charge >= 0.3 is 0 Å². The number of nitrogens with one attached hydrogen (secondary N) is 2. The van der Waals surface area contributed by atoms with Gasteiger partial charge in [0.25, 0.3) is 5.56 Å². The predicted molar refractivity (Wildman–Crippen MR) is 89.2 cm³/mol. The zero-order chi connectivity index (χ0) is 14.8. The molecule has 1 aromatic carbocycles. The Balaban J connectivity index is 2.05. The summed E-state index contributed by atoms with van der Waals surface area (Å²) >= 11 is 1.48. The molecule has 2 aromatic heterocycles. The molecule has 0 saturated heterocycles. The Kier molecular flexibility index (Phi) is 3.75. The third-order valence-corrected chi connectivity index (χ3v) is 4.43. The summed E-state index contributed by atoms with van der Waals surface area (Å²) in [6, 6.07) is 10.3. The van der Waals surface area contributed by atoms with E-state index in [1.807, 2.05) is 6.07 Å². The van der Waals surface area contributed by atoms with Crippen LogP contribution in [0.4, 0.5) is 5.95 Å². The maximum atomic E-state index is 12.1. The van der Waals surface area contributed by atoms with Crippen LogP contribution in [-0.2, 0) is 0 Å². The van der Waals surface area contributed by atoms with Crippen LogP contribution in [0.3, 0.4) is 0 Å². The van der Waals surface area contributed by atoms with Crippen molar-refractivity contribution >= 4 is 27.5 Å². The van der Waals surface area contributed by atoms with Crippen molar-refractivity contribution in [1.82, 2.24) is 9.97 Å². The lowest BCUT2D eigenvalue weighted by atomic mass is 10.1. The molecule has 2 heterocycles. The van der Waals surface area contributed by atoms with Gasteiger partial charge < -0.3 is 5.32 Å². The number of rotatable bonds is 4. The molecule has 0 aliphatic heterocycles. The number of benzene rings is 1. The highest BCUT2D eigenvalue weighted by molar-refractivity contribution is 7.22. The zero-order valence-electron chi connectivity index (χ0n) is 12.1. The molecule has 0 bridgehead atoms. The summed E-state index contributed by atoms with van der Waals surface area (Å²) in [5, 5.41) is 3.12. The number of aryl methyl sites for hydroxylation is 1. The highest BCUT2D eigenvalue weighted by Gasteiger charge is 2.10. The van der Waals surface area contributed by atoms with E-state index in [-0.39, 0.29) is 5.56 Å². The van der Waals surface area contributed by atoms with E-state index in [9.17, 15) is 4.79 Å². The molecule has 0 unspecified atom stereocenters. The molecule has 0 atom stereocenters. The molecule has 3 rings (SSSR count). The highest BCUT2D eigenvalue weighted by atomic mass is 32.1. The highest BCUT2D eigenvalue weighted by Crippen LogP contribution is 2.31. The number of hydrogen-bond acceptors (Lipinski definition) is 4. The molecule has 0 amide bonds. The average molecular weight is 299 g/mol. The lowest BCUT2D eigenvalue weighted by Gasteiger charge is -2.02. The second-order valence-electron chi connectivity index (χ2n) is 5.03. The average Bonchev–Trinajstić information content (AvgIpc) is 2.90. The molecule has 0 spiro atoms. The normalized spacial score (nSPS) is 11.0. The van der Waals surface area contributed by atoms with Crippen molar-refractivity contribution in [2.75, 3.05) is 11.9 Å². The molecule has 0 fully saturated rings. The monoisotopic (exact) mass is 299 g/mol. The van der Waals surface area contributed by atoms with Gasteiger partial charge in [0, 0.05) is 11.4 Å². The fourth-order valence-corrected chi connectivity index (χ4v) is 3.12. The van der Waals surface area contributed by atoms with Crippen LogP contribution in [0.5, 0.6) is 0 Å². The molecule has 0 aliphatic carbocycles. The van der Waals surface area contributed by atoms with Gasteiger partial charge in [0.2, 0.25) is 5.95 Å². The number of hydrogen-bond donors (Lipinski definition) is 2. The number of aromatic amines is 1. The molecule has 4 nitrogen and oxygen atoms in total. The quantitative estimate of drug-likeness (QED) is 0.770. The molecule has 3 aromatic rings. The molecule has 21 heavy (non-hydrogen) atoms. The fourth-order valence-electron chi connectivity index (χ4n) is 2.13. The Morgan fingerprint density at radius 2 is 2.05 bits per heavy atom. The van der Waals surface area contributed by atoms with Crippen molar-refractivity contribution in [2.45, 2.75) is 20.3 Å². The summed E-state index contributed by atoms with van der Waals surface area (Å²) in [6.07, 6.45) is 0.986. The summed E-state index contributed by atoms with van der Waals surface area (Å²) in [4.78, 5) is 20.5. The van der Waals surface area contributed by atoms with Crippen LogP contribution in [0.25, 0.3) is 20.7 Å². The first-order valence-corrected chi connectivity index (χ1v) is 7.84. The molecule has 0 radical (unpaired) electrons. The number of aromatic nitrogens is 2. The first kappa shape index (κ1) is 13.8. The standard InChI is InChI=1S/C16H17N3OS/c1-3-8-17-16-18-12-9-13(21-14(12)15(20)19-16)11-6-4-10(2)5-7-11/h4-7,9H,3,8H2,1-2H3,(H2,17,18,19,20). The molecule has 5 heteroatoms. The number of thiophene rings is 1. The van der Waals surface area contributed by atoms with Gasteiger partial charge in [-0.3, -0.25) is 9.78 Å². The molecular weight excluding hydrogens is 282 g/mol. The van der Waals surface area contributed by atoms with Crippen molar-refractivity contribution in [3.05, 3.63) is 46.2 Å². The lowest BCUT2D eigenvalue weighted by Crippen LogP contribution is -2.12. The minimum absolute atomic E-state index is 0.0815. The van der Waals surface area contributed by atoms with E-state index >= 15 is 0 Å². The summed E-state index contributed by atoms with van der Waals surface area (Å²) in [5.41, 5.74) is 3.01. The van der Waals surface area contributed by atoms with E-state index in [0.717, 1.165) is 28.9 Å². The zero-order valence-corrected chi connectivity index (χ0v) is 12.9. The minimum Gasteiger partial charge on any atom is -0.356 e. The van der Waals surface area contributed by atoms with Gasteiger partial charge in [-0.15, -0.1) is 11.3 Å². The lowest BCUT2D eigenvalue weighted by molar-refractivity contribution is 0.954. The van der Waals surface area contributed by atoms with Crippen LogP contribution >= 0.6 is 11.3 Å². The van der Waals surface area contributed by atoms with Crippen LogP contribution in [-0.4, -0.2) is 16.5 Å². The smallest absolute Gasteiger partial charge is 0.270 e. The number of fused-ring (bicyclic) bond motifs is 1. The topological polar surface area (TPSA) is 57.8 Å². The number of H-pyrrole nitrogens is 1. The van der Waals surface area contributed by atoms with Crippen LogP contribution < -0.4 is 10.9 Å². The Hall–Kier alpha value is -2.14. The maximum Gasteiger partial charge on any atom is 0.270 e. The molecule has 108 valence electrons. The van der Waals surface area contributed by atoms with Crippen molar-refractivity contribution in [2.24, 2.45) is 0 Å². The van der Waals surface area contributed by atoms with E-state index in [1.54, 1.807) is 0 Å². The molecule has 2 N–H and O–H groups in total. The van der Waals surface area contributed by atoms with E-state index in [1.165, 1.54) is 16.9 Å². The van der Waals surface area contributed by atoms with Crippen LogP contribution in [0.2, 0.25) is 0 Å². The summed E-state index contributed by atoms with van der Waals surface area (Å²) in [7, 11) is 0. The molecular formula is C16H17N3OS. The second-order valence-corrected chi connectivity index (χ2v) is 6.08. The van der Waals surface area contributed by atoms with E-state index in [2.05, 4.69) is 53.4 Å². The van der Waals surface area contributed by atoms with Gasteiger partial charge in [-0.2, -0.15) is 0 Å². The third-order valence-electron chi connectivity index (χ3n) is 3.26. The Morgan fingerprint density at radius 1 is 1.29 bits per heavy atom. The minimum atomic E-state index is -0.0815. The number of anilines is 1. The Bertz CT molecular complexity index is 818.